The lowest BCUT2D eigenvalue weighted by molar-refractivity contribution is -0.0414. The first-order valence-corrected chi connectivity index (χ1v) is 8.45. The molecule has 2 N–H and O–H groups in total. The van der Waals surface area contributed by atoms with Gasteiger partial charge < -0.3 is 10.4 Å². The van der Waals surface area contributed by atoms with Gasteiger partial charge in [0.2, 0.25) is 0 Å². The Morgan fingerprint density at radius 3 is 2.43 bits per heavy atom. The maximum Gasteiger partial charge on any atom is 0.0848 e. The van der Waals surface area contributed by atoms with E-state index in [1.807, 2.05) is 0 Å². The van der Waals surface area contributed by atoms with E-state index >= 15 is 0 Å². The smallest absolute Gasteiger partial charge is 0.0848 e. The standard InChI is InChI=1S/C19H29NO/c1-18(2,3)15-10-12-19(21,13-11-15)17-9-8-14-6-4-5-7-16(14)20-17/h4-7,15,17,20-21H,8-13H2,1-3H3. The predicted octanol–water partition coefficient (Wildman–Crippen LogP) is 4.38. The van der Waals surface area contributed by atoms with Crippen LogP contribution in [-0.4, -0.2) is 16.7 Å². The van der Waals surface area contributed by atoms with Crippen LogP contribution >= 0.6 is 0 Å². The largest absolute Gasteiger partial charge is 0.388 e. The summed E-state index contributed by atoms with van der Waals surface area (Å²) in [6.45, 7) is 6.99. The van der Waals surface area contributed by atoms with E-state index in [1.54, 1.807) is 0 Å². The van der Waals surface area contributed by atoms with E-state index < -0.39 is 5.60 Å². The number of hydrogen-bond acceptors (Lipinski definition) is 2. The van der Waals surface area contributed by atoms with Gasteiger partial charge in [0.15, 0.2) is 0 Å². The lowest BCUT2D eigenvalue weighted by Gasteiger charge is -2.46. The molecule has 1 unspecified atom stereocenters. The minimum Gasteiger partial charge on any atom is -0.388 e. The second-order valence-corrected chi connectivity index (χ2v) is 8.14. The summed E-state index contributed by atoms with van der Waals surface area (Å²) in [5.74, 6) is 0.744. The van der Waals surface area contributed by atoms with Crippen molar-refractivity contribution in [3.8, 4) is 0 Å². The second kappa shape index (κ2) is 5.31. The summed E-state index contributed by atoms with van der Waals surface area (Å²) in [4.78, 5) is 0. The van der Waals surface area contributed by atoms with Crippen LogP contribution in [0.25, 0.3) is 0 Å². The van der Waals surface area contributed by atoms with Crippen molar-refractivity contribution in [1.29, 1.82) is 0 Å². The normalized spacial score (nSPS) is 33.1. The van der Waals surface area contributed by atoms with E-state index in [0.29, 0.717) is 5.41 Å². The molecule has 1 fully saturated rings. The van der Waals surface area contributed by atoms with Gasteiger partial charge in [0, 0.05) is 5.69 Å². The molecule has 3 rings (SSSR count). The van der Waals surface area contributed by atoms with E-state index in [2.05, 4.69) is 50.4 Å². The van der Waals surface area contributed by atoms with Gasteiger partial charge >= 0.3 is 0 Å². The lowest BCUT2D eigenvalue weighted by Crippen LogP contribution is -2.51. The fourth-order valence-electron chi connectivity index (χ4n) is 4.17. The average molecular weight is 287 g/mol. The van der Waals surface area contributed by atoms with Gasteiger partial charge in [0.25, 0.3) is 0 Å². The predicted molar refractivity (Wildman–Crippen MR) is 88.5 cm³/mol. The molecule has 0 radical (unpaired) electrons. The zero-order valence-corrected chi connectivity index (χ0v) is 13.7. The van der Waals surface area contributed by atoms with Crippen molar-refractivity contribution in [2.24, 2.45) is 11.3 Å². The maximum absolute atomic E-state index is 11.1. The van der Waals surface area contributed by atoms with Gasteiger partial charge in [-0.15, -0.1) is 0 Å². The highest BCUT2D eigenvalue weighted by Gasteiger charge is 2.43. The fourth-order valence-corrected chi connectivity index (χ4v) is 4.17. The molecule has 1 aromatic rings. The Morgan fingerprint density at radius 2 is 1.76 bits per heavy atom. The highest BCUT2D eigenvalue weighted by Crippen LogP contribution is 2.44. The van der Waals surface area contributed by atoms with E-state index in [9.17, 15) is 5.11 Å². The third-order valence-electron chi connectivity index (χ3n) is 5.77. The topological polar surface area (TPSA) is 32.3 Å². The molecule has 1 aliphatic carbocycles. The molecule has 1 aromatic carbocycles. The van der Waals surface area contributed by atoms with Crippen molar-refractivity contribution in [3.63, 3.8) is 0 Å². The van der Waals surface area contributed by atoms with Crippen LogP contribution in [0.4, 0.5) is 5.69 Å². The number of fused-ring (bicyclic) bond motifs is 1. The van der Waals surface area contributed by atoms with Gasteiger partial charge in [0.05, 0.1) is 11.6 Å². The van der Waals surface area contributed by atoms with Crippen LogP contribution in [-0.2, 0) is 6.42 Å². The maximum atomic E-state index is 11.1. The van der Waals surface area contributed by atoms with Crippen LogP contribution in [0.5, 0.6) is 0 Å². The Hall–Kier alpha value is -1.02. The zero-order valence-electron chi connectivity index (χ0n) is 13.7. The van der Waals surface area contributed by atoms with E-state index in [1.165, 1.54) is 11.3 Å². The molecule has 2 aliphatic rings. The Balaban J connectivity index is 1.68. The van der Waals surface area contributed by atoms with Crippen molar-refractivity contribution in [2.75, 3.05) is 5.32 Å². The molecule has 1 aliphatic heterocycles. The van der Waals surface area contributed by atoms with Crippen LogP contribution < -0.4 is 5.32 Å². The van der Waals surface area contributed by atoms with Gasteiger partial charge in [-0.3, -0.25) is 0 Å². The number of aryl methyl sites for hydroxylation is 1. The quantitative estimate of drug-likeness (QED) is 0.803. The minimum absolute atomic E-state index is 0.216. The van der Waals surface area contributed by atoms with Gasteiger partial charge in [-0.1, -0.05) is 39.0 Å². The van der Waals surface area contributed by atoms with Crippen molar-refractivity contribution in [3.05, 3.63) is 29.8 Å². The minimum atomic E-state index is -0.519. The highest BCUT2D eigenvalue weighted by atomic mass is 16.3. The molecule has 0 spiro atoms. The summed E-state index contributed by atoms with van der Waals surface area (Å²) in [5.41, 5.74) is 2.46. The van der Waals surface area contributed by atoms with Crippen LogP contribution in [0, 0.1) is 11.3 Å². The highest BCUT2D eigenvalue weighted by molar-refractivity contribution is 5.54. The second-order valence-electron chi connectivity index (χ2n) is 8.14. The third-order valence-corrected chi connectivity index (χ3v) is 5.77. The molecule has 1 saturated carbocycles. The number of aliphatic hydroxyl groups is 1. The summed E-state index contributed by atoms with van der Waals surface area (Å²) in [5, 5.41) is 14.8. The van der Waals surface area contributed by atoms with Crippen LogP contribution in [0.2, 0.25) is 0 Å². The first-order valence-electron chi connectivity index (χ1n) is 8.45. The Bertz CT molecular complexity index is 495. The summed E-state index contributed by atoms with van der Waals surface area (Å²) >= 11 is 0. The first-order chi connectivity index (χ1) is 9.88. The van der Waals surface area contributed by atoms with Crippen molar-refractivity contribution in [2.45, 2.75) is 70.9 Å². The molecule has 1 atom stereocenters. The average Bonchev–Trinajstić information content (AvgIpc) is 2.46. The Labute approximate surface area is 129 Å². The molecular formula is C19H29NO. The van der Waals surface area contributed by atoms with Gasteiger partial charge in [-0.25, -0.2) is 0 Å². The number of hydrogen-bond donors (Lipinski definition) is 2. The first kappa shape index (κ1) is 14.9. The van der Waals surface area contributed by atoms with Gasteiger partial charge in [-0.2, -0.15) is 0 Å². The molecule has 1 heterocycles. The van der Waals surface area contributed by atoms with Crippen molar-refractivity contribution >= 4 is 5.69 Å². The summed E-state index contributed by atoms with van der Waals surface area (Å²) < 4.78 is 0. The fraction of sp³-hybridized carbons (Fsp3) is 0.684. The molecule has 2 nitrogen and oxygen atoms in total. The van der Waals surface area contributed by atoms with E-state index in [0.717, 1.165) is 44.4 Å². The number of para-hydroxylation sites is 1. The number of rotatable bonds is 1. The molecule has 116 valence electrons. The van der Waals surface area contributed by atoms with E-state index in [4.69, 9.17) is 0 Å². The lowest BCUT2D eigenvalue weighted by atomic mass is 9.66. The molecule has 2 heteroatoms. The van der Waals surface area contributed by atoms with Gasteiger partial charge in [-0.05, 0) is 61.5 Å². The SMILES string of the molecule is CC(C)(C)C1CCC(O)(C2CCc3ccccc3N2)CC1. The third kappa shape index (κ3) is 2.96. The van der Waals surface area contributed by atoms with E-state index in [-0.39, 0.29) is 6.04 Å². The van der Waals surface area contributed by atoms with Gasteiger partial charge in [0.1, 0.15) is 0 Å². The summed E-state index contributed by atoms with van der Waals surface area (Å²) in [6.07, 6.45) is 6.32. The number of benzene rings is 1. The molecular weight excluding hydrogens is 258 g/mol. The number of nitrogens with one attached hydrogen (secondary N) is 1. The van der Waals surface area contributed by atoms with Crippen molar-refractivity contribution < 1.29 is 5.11 Å². The monoisotopic (exact) mass is 287 g/mol. The van der Waals surface area contributed by atoms with Crippen LogP contribution in [0.3, 0.4) is 0 Å². The summed E-state index contributed by atoms with van der Waals surface area (Å²) in [7, 11) is 0. The molecule has 0 aromatic heterocycles. The zero-order chi connectivity index (χ0) is 15.1. The molecule has 0 saturated heterocycles. The number of anilines is 1. The molecule has 21 heavy (non-hydrogen) atoms. The molecule has 0 bridgehead atoms. The Morgan fingerprint density at radius 1 is 1.10 bits per heavy atom. The molecule has 0 amide bonds. The van der Waals surface area contributed by atoms with Crippen molar-refractivity contribution in [1.82, 2.24) is 0 Å². The summed E-state index contributed by atoms with van der Waals surface area (Å²) in [6, 6.07) is 8.73. The van der Waals surface area contributed by atoms with Crippen LogP contribution in [0.15, 0.2) is 24.3 Å². The van der Waals surface area contributed by atoms with Crippen LogP contribution in [0.1, 0.15) is 58.4 Å². The Kier molecular flexibility index (Phi) is 3.77.